The zero-order valence-electron chi connectivity index (χ0n) is 18.2. The standard InChI is InChI=1S/C24H21FN2O4S2/c1-5-33(29,30)26-17-6-7-21(31-22-14(2)10-16(25)11-15(22)3)19(12-17)20-13-27(4)24(28)23-18(20)8-9-32-23/h5-13,26H,1H2,2-4H3. The van der Waals surface area contributed by atoms with Crippen LogP contribution >= 0.6 is 11.3 Å². The van der Waals surface area contributed by atoms with E-state index in [9.17, 15) is 17.6 Å². The molecule has 0 aliphatic carbocycles. The van der Waals surface area contributed by atoms with Gasteiger partial charge in [0.2, 0.25) is 0 Å². The Balaban J connectivity index is 1.96. The molecule has 0 amide bonds. The number of fused-ring (bicyclic) bond motifs is 1. The second-order valence-electron chi connectivity index (χ2n) is 7.62. The van der Waals surface area contributed by atoms with Crippen molar-refractivity contribution in [3.63, 3.8) is 0 Å². The van der Waals surface area contributed by atoms with Crippen LogP contribution < -0.4 is 15.0 Å². The summed E-state index contributed by atoms with van der Waals surface area (Å²) in [6.07, 6.45) is 1.69. The van der Waals surface area contributed by atoms with Gasteiger partial charge in [-0.25, -0.2) is 12.8 Å². The molecule has 0 saturated carbocycles. The van der Waals surface area contributed by atoms with Gasteiger partial charge in [0.05, 0.1) is 0 Å². The van der Waals surface area contributed by atoms with E-state index >= 15 is 0 Å². The number of aromatic nitrogens is 1. The zero-order chi connectivity index (χ0) is 23.9. The molecule has 0 fully saturated rings. The van der Waals surface area contributed by atoms with Crippen LogP contribution in [0.1, 0.15) is 11.1 Å². The van der Waals surface area contributed by atoms with E-state index in [1.807, 2.05) is 11.4 Å². The molecular formula is C24H21FN2O4S2. The molecule has 4 aromatic rings. The van der Waals surface area contributed by atoms with E-state index in [0.717, 1.165) is 10.8 Å². The van der Waals surface area contributed by atoms with Gasteiger partial charge < -0.3 is 9.30 Å². The van der Waals surface area contributed by atoms with Crippen LogP contribution in [-0.4, -0.2) is 13.0 Å². The predicted octanol–water partition coefficient (Wildman–Crippen LogP) is 5.70. The summed E-state index contributed by atoms with van der Waals surface area (Å²) in [5.74, 6) is 0.578. The quantitative estimate of drug-likeness (QED) is 0.381. The number of ether oxygens (including phenoxy) is 1. The van der Waals surface area contributed by atoms with Crippen LogP contribution in [0.3, 0.4) is 0 Å². The average molecular weight is 485 g/mol. The highest BCUT2D eigenvalue weighted by Crippen LogP contribution is 2.40. The number of halogens is 1. The first-order valence-electron chi connectivity index (χ1n) is 9.91. The Kier molecular flexibility index (Phi) is 5.85. The molecule has 2 aromatic carbocycles. The molecule has 4 rings (SSSR count). The van der Waals surface area contributed by atoms with Crippen molar-refractivity contribution in [3.8, 4) is 22.6 Å². The number of anilines is 1. The Labute approximate surface area is 194 Å². The first-order chi connectivity index (χ1) is 15.6. The summed E-state index contributed by atoms with van der Waals surface area (Å²) < 4.78 is 48.6. The third kappa shape index (κ3) is 4.42. The fourth-order valence-corrected chi connectivity index (χ4v) is 5.08. The molecule has 6 nitrogen and oxygen atoms in total. The monoisotopic (exact) mass is 484 g/mol. The number of thiophene rings is 1. The Morgan fingerprint density at radius 2 is 1.82 bits per heavy atom. The van der Waals surface area contributed by atoms with Gasteiger partial charge in [0.1, 0.15) is 22.0 Å². The smallest absolute Gasteiger partial charge is 0.268 e. The SMILES string of the molecule is C=CS(=O)(=O)Nc1ccc(Oc2c(C)cc(F)cc2C)c(-c2cn(C)c(=O)c3sccc23)c1. The largest absolute Gasteiger partial charge is 0.456 e. The minimum Gasteiger partial charge on any atom is -0.456 e. The molecule has 0 bridgehead atoms. The van der Waals surface area contributed by atoms with Crippen LogP contribution in [0.5, 0.6) is 11.5 Å². The molecule has 2 aromatic heterocycles. The van der Waals surface area contributed by atoms with Gasteiger partial charge in [-0.1, -0.05) is 6.58 Å². The number of aryl methyl sites for hydroxylation is 3. The van der Waals surface area contributed by atoms with Gasteiger partial charge in [0.15, 0.2) is 0 Å². The van der Waals surface area contributed by atoms with Gasteiger partial charge in [-0.15, -0.1) is 11.3 Å². The Bertz CT molecular complexity index is 1550. The van der Waals surface area contributed by atoms with Crippen molar-refractivity contribution in [2.24, 2.45) is 7.05 Å². The molecule has 1 N–H and O–H groups in total. The number of hydrogen-bond acceptors (Lipinski definition) is 5. The first kappa shape index (κ1) is 22.8. The molecule has 0 unspecified atom stereocenters. The topological polar surface area (TPSA) is 77.4 Å². The molecule has 0 saturated heterocycles. The molecular weight excluding hydrogens is 463 g/mol. The van der Waals surface area contributed by atoms with Crippen molar-refractivity contribution < 1.29 is 17.5 Å². The summed E-state index contributed by atoms with van der Waals surface area (Å²) in [6.45, 7) is 6.82. The maximum atomic E-state index is 13.8. The van der Waals surface area contributed by atoms with Crippen LogP contribution in [0.4, 0.5) is 10.1 Å². The maximum Gasteiger partial charge on any atom is 0.268 e. The van der Waals surface area contributed by atoms with Gasteiger partial charge in [-0.2, -0.15) is 0 Å². The fraction of sp³-hybridized carbons (Fsp3) is 0.125. The zero-order valence-corrected chi connectivity index (χ0v) is 19.8. The number of pyridine rings is 1. The first-order valence-corrected chi connectivity index (χ1v) is 12.3. The highest BCUT2D eigenvalue weighted by atomic mass is 32.2. The van der Waals surface area contributed by atoms with Crippen molar-refractivity contribution >= 4 is 37.1 Å². The average Bonchev–Trinajstić information content (AvgIpc) is 3.24. The van der Waals surface area contributed by atoms with E-state index in [2.05, 4.69) is 11.3 Å². The van der Waals surface area contributed by atoms with E-state index < -0.39 is 10.0 Å². The van der Waals surface area contributed by atoms with Crippen molar-refractivity contribution in [1.82, 2.24) is 4.57 Å². The molecule has 0 aliphatic heterocycles. The fourth-order valence-electron chi connectivity index (χ4n) is 3.65. The third-order valence-electron chi connectivity index (χ3n) is 5.18. The van der Waals surface area contributed by atoms with Gasteiger partial charge >= 0.3 is 0 Å². The Hall–Kier alpha value is -3.43. The molecule has 170 valence electrons. The summed E-state index contributed by atoms with van der Waals surface area (Å²) in [6, 6.07) is 9.47. The molecule has 9 heteroatoms. The predicted molar refractivity (Wildman–Crippen MR) is 131 cm³/mol. The Morgan fingerprint density at radius 1 is 1.12 bits per heavy atom. The number of nitrogens with zero attached hydrogens (tertiary/aromatic N) is 1. The van der Waals surface area contributed by atoms with Crippen molar-refractivity contribution in [2.45, 2.75) is 13.8 Å². The summed E-state index contributed by atoms with van der Waals surface area (Å²) in [7, 11) is -2.07. The minimum absolute atomic E-state index is 0.125. The summed E-state index contributed by atoms with van der Waals surface area (Å²) in [4.78, 5) is 12.6. The van der Waals surface area contributed by atoms with Gasteiger partial charge in [0.25, 0.3) is 15.6 Å². The molecule has 0 aliphatic rings. The van der Waals surface area contributed by atoms with Gasteiger partial charge in [-0.05, 0) is 66.8 Å². The second kappa shape index (κ2) is 8.49. The molecule has 0 spiro atoms. The van der Waals surface area contributed by atoms with Crippen LogP contribution in [0.25, 0.3) is 21.2 Å². The lowest BCUT2D eigenvalue weighted by molar-refractivity contribution is 0.474. The lowest BCUT2D eigenvalue weighted by Gasteiger charge is -2.17. The highest BCUT2D eigenvalue weighted by molar-refractivity contribution is 7.95. The molecule has 0 atom stereocenters. The number of rotatable bonds is 6. The second-order valence-corrected chi connectivity index (χ2v) is 10.2. The number of sulfonamides is 1. The van der Waals surface area contributed by atoms with Crippen LogP contribution in [0, 0.1) is 19.7 Å². The van der Waals surface area contributed by atoms with E-state index in [4.69, 9.17) is 4.74 Å². The summed E-state index contributed by atoms with van der Waals surface area (Å²) >= 11 is 1.33. The number of hydrogen-bond donors (Lipinski definition) is 1. The van der Waals surface area contributed by atoms with Crippen LogP contribution in [-0.2, 0) is 17.1 Å². The number of benzene rings is 2. The molecule has 2 heterocycles. The summed E-state index contributed by atoms with van der Waals surface area (Å²) in [5, 5.41) is 3.38. The molecule has 33 heavy (non-hydrogen) atoms. The van der Waals surface area contributed by atoms with Crippen molar-refractivity contribution in [1.29, 1.82) is 0 Å². The summed E-state index contributed by atoms with van der Waals surface area (Å²) in [5.41, 5.74) is 2.69. The van der Waals surface area contributed by atoms with Gasteiger partial charge in [0, 0.05) is 40.9 Å². The highest BCUT2D eigenvalue weighted by Gasteiger charge is 2.18. The third-order valence-corrected chi connectivity index (χ3v) is 7.04. The molecule has 0 radical (unpaired) electrons. The van der Waals surface area contributed by atoms with E-state index in [0.29, 0.717) is 44.1 Å². The van der Waals surface area contributed by atoms with E-state index in [1.54, 1.807) is 45.3 Å². The van der Waals surface area contributed by atoms with E-state index in [-0.39, 0.29) is 11.4 Å². The van der Waals surface area contributed by atoms with Crippen molar-refractivity contribution in [3.05, 3.63) is 87.3 Å². The Morgan fingerprint density at radius 3 is 2.48 bits per heavy atom. The lowest BCUT2D eigenvalue weighted by Crippen LogP contribution is -2.15. The normalized spacial score (nSPS) is 11.5. The van der Waals surface area contributed by atoms with Crippen molar-refractivity contribution in [2.75, 3.05) is 4.72 Å². The van der Waals surface area contributed by atoms with Crippen LogP contribution in [0.2, 0.25) is 0 Å². The van der Waals surface area contributed by atoms with E-state index in [1.165, 1.54) is 28.0 Å². The van der Waals surface area contributed by atoms with Gasteiger partial charge in [-0.3, -0.25) is 9.52 Å². The number of nitrogens with one attached hydrogen (secondary N) is 1. The lowest BCUT2D eigenvalue weighted by atomic mass is 10.0. The van der Waals surface area contributed by atoms with Crippen LogP contribution in [0.15, 0.2) is 64.8 Å². The minimum atomic E-state index is -3.73. The maximum absolute atomic E-state index is 13.8.